The first-order chi connectivity index (χ1) is 13.1. The Morgan fingerprint density at radius 2 is 1.66 bits per heavy atom. The average Bonchev–Trinajstić information content (AvgIpc) is 2.68. The molecule has 0 atom stereocenters. The second kappa shape index (κ2) is 12.9. The maximum atomic E-state index is 12.5. The van der Waals surface area contributed by atoms with E-state index in [1.807, 2.05) is 29.2 Å². The number of nitrogens with one attached hydrogen (secondary N) is 1. The maximum Gasteiger partial charge on any atom is 0.234 e. The van der Waals surface area contributed by atoms with E-state index in [4.69, 9.17) is 5.73 Å². The standard InChI is InChI=1S/C21H32N4O2.2ClH/c22-19-9-5-4-6-17(19)10-11-21(27)25-14-12-24(13-15-25)16-20(26)23-18-7-2-1-3-8-18;;/h4-6,9,18H,1-3,7-8,10-16,22H2,(H,23,26);2*1H. The van der Waals surface area contributed by atoms with Gasteiger partial charge in [-0.3, -0.25) is 14.5 Å². The number of anilines is 1. The molecule has 1 aliphatic carbocycles. The van der Waals surface area contributed by atoms with Gasteiger partial charge in [0.15, 0.2) is 0 Å². The van der Waals surface area contributed by atoms with E-state index in [-0.39, 0.29) is 36.6 Å². The van der Waals surface area contributed by atoms with Gasteiger partial charge in [-0.1, -0.05) is 37.5 Å². The highest BCUT2D eigenvalue weighted by Gasteiger charge is 2.23. The first-order valence-electron chi connectivity index (χ1n) is 10.2. The Bertz CT molecular complexity index is 645. The van der Waals surface area contributed by atoms with Gasteiger partial charge in [-0.25, -0.2) is 0 Å². The lowest BCUT2D eigenvalue weighted by Gasteiger charge is -2.35. The van der Waals surface area contributed by atoms with Gasteiger partial charge >= 0.3 is 0 Å². The fourth-order valence-electron chi connectivity index (χ4n) is 4.04. The van der Waals surface area contributed by atoms with Crippen LogP contribution in [0.3, 0.4) is 0 Å². The first kappa shape index (κ1) is 25.5. The predicted octanol–water partition coefficient (Wildman–Crippen LogP) is 2.64. The van der Waals surface area contributed by atoms with Crippen LogP contribution in [0.2, 0.25) is 0 Å². The number of rotatable bonds is 6. The number of carbonyl (C=O) groups is 2. The SMILES string of the molecule is Cl.Cl.Nc1ccccc1CCC(=O)N1CCN(CC(=O)NC2CCCCC2)CC1. The van der Waals surface area contributed by atoms with Crippen molar-refractivity contribution < 1.29 is 9.59 Å². The van der Waals surface area contributed by atoms with Gasteiger partial charge in [-0.05, 0) is 30.9 Å². The molecule has 1 aliphatic heterocycles. The summed E-state index contributed by atoms with van der Waals surface area (Å²) < 4.78 is 0. The van der Waals surface area contributed by atoms with Crippen molar-refractivity contribution in [2.75, 3.05) is 38.5 Å². The van der Waals surface area contributed by atoms with Gasteiger partial charge in [0.2, 0.25) is 11.8 Å². The average molecular weight is 445 g/mol. The molecule has 2 amide bonds. The third kappa shape index (κ3) is 8.03. The van der Waals surface area contributed by atoms with Crippen LogP contribution in [0.25, 0.3) is 0 Å². The summed E-state index contributed by atoms with van der Waals surface area (Å²) in [6, 6.07) is 8.07. The number of halogens is 2. The lowest BCUT2D eigenvalue weighted by molar-refractivity contribution is -0.133. The molecule has 1 saturated heterocycles. The molecular formula is C21H34Cl2N4O2. The van der Waals surface area contributed by atoms with E-state index in [9.17, 15) is 9.59 Å². The van der Waals surface area contributed by atoms with Gasteiger partial charge in [0.1, 0.15) is 0 Å². The molecule has 3 N–H and O–H groups in total. The summed E-state index contributed by atoms with van der Waals surface area (Å²) in [5.74, 6) is 0.297. The van der Waals surface area contributed by atoms with E-state index < -0.39 is 0 Å². The highest BCUT2D eigenvalue weighted by Crippen LogP contribution is 2.17. The topological polar surface area (TPSA) is 78.7 Å². The van der Waals surface area contributed by atoms with E-state index in [1.54, 1.807) is 0 Å². The Hall–Kier alpha value is -1.50. The minimum atomic E-state index is 0. The molecule has 1 saturated carbocycles. The molecule has 29 heavy (non-hydrogen) atoms. The number of amides is 2. The van der Waals surface area contributed by atoms with Crippen LogP contribution in [0.1, 0.15) is 44.1 Å². The molecule has 0 unspecified atom stereocenters. The fourth-order valence-corrected chi connectivity index (χ4v) is 4.04. The molecule has 6 nitrogen and oxygen atoms in total. The largest absolute Gasteiger partial charge is 0.399 e. The van der Waals surface area contributed by atoms with Gasteiger partial charge in [0, 0.05) is 44.3 Å². The van der Waals surface area contributed by atoms with Gasteiger partial charge in [0.25, 0.3) is 0 Å². The molecule has 3 rings (SSSR count). The maximum absolute atomic E-state index is 12.5. The molecule has 0 bridgehead atoms. The third-order valence-corrected chi connectivity index (χ3v) is 5.73. The lowest BCUT2D eigenvalue weighted by Crippen LogP contribution is -2.52. The fraction of sp³-hybridized carbons (Fsp3) is 0.619. The Balaban J connectivity index is 0.00000210. The molecule has 2 fully saturated rings. The summed E-state index contributed by atoms with van der Waals surface area (Å²) in [4.78, 5) is 28.8. The zero-order chi connectivity index (χ0) is 19.1. The van der Waals surface area contributed by atoms with Crippen molar-refractivity contribution in [3.63, 3.8) is 0 Å². The van der Waals surface area contributed by atoms with Crippen LogP contribution in [-0.2, 0) is 16.0 Å². The summed E-state index contributed by atoms with van der Waals surface area (Å²) in [5.41, 5.74) is 7.73. The number of nitrogen functional groups attached to an aromatic ring is 1. The molecule has 1 heterocycles. The van der Waals surface area contributed by atoms with E-state index >= 15 is 0 Å². The molecule has 164 valence electrons. The number of hydrogen-bond acceptors (Lipinski definition) is 4. The van der Waals surface area contributed by atoms with Crippen molar-refractivity contribution in [3.05, 3.63) is 29.8 Å². The van der Waals surface area contributed by atoms with Crippen LogP contribution in [0.5, 0.6) is 0 Å². The summed E-state index contributed by atoms with van der Waals surface area (Å²) in [6.45, 7) is 3.35. The number of piperazine rings is 1. The zero-order valence-electron chi connectivity index (χ0n) is 17.0. The zero-order valence-corrected chi connectivity index (χ0v) is 18.6. The van der Waals surface area contributed by atoms with Gasteiger partial charge in [-0.15, -0.1) is 24.8 Å². The predicted molar refractivity (Wildman–Crippen MR) is 122 cm³/mol. The summed E-state index contributed by atoms with van der Waals surface area (Å²) in [7, 11) is 0. The number of nitrogens with two attached hydrogens (primary N) is 1. The number of para-hydroxylation sites is 1. The van der Waals surface area contributed by atoms with E-state index in [0.29, 0.717) is 38.5 Å². The van der Waals surface area contributed by atoms with Crippen LogP contribution >= 0.6 is 24.8 Å². The first-order valence-corrected chi connectivity index (χ1v) is 10.2. The summed E-state index contributed by atoms with van der Waals surface area (Å²) in [6.07, 6.45) is 7.12. The van der Waals surface area contributed by atoms with Crippen LogP contribution in [0, 0.1) is 0 Å². The number of hydrogen-bond donors (Lipinski definition) is 2. The van der Waals surface area contributed by atoms with Gasteiger partial charge < -0.3 is 16.0 Å². The van der Waals surface area contributed by atoms with Gasteiger partial charge in [0.05, 0.1) is 6.54 Å². The number of benzene rings is 1. The molecule has 0 aromatic heterocycles. The van der Waals surface area contributed by atoms with Crippen LogP contribution in [0.4, 0.5) is 5.69 Å². The molecule has 0 spiro atoms. The second-order valence-corrected chi connectivity index (χ2v) is 7.76. The highest BCUT2D eigenvalue weighted by molar-refractivity contribution is 5.85. The molecule has 1 aromatic carbocycles. The normalized spacial score (nSPS) is 17.7. The second-order valence-electron chi connectivity index (χ2n) is 7.76. The van der Waals surface area contributed by atoms with E-state index in [1.165, 1.54) is 19.3 Å². The quantitative estimate of drug-likeness (QED) is 0.660. The highest BCUT2D eigenvalue weighted by atomic mass is 35.5. The Morgan fingerprint density at radius 1 is 1.00 bits per heavy atom. The van der Waals surface area contributed by atoms with E-state index in [2.05, 4.69) is 10.2 Å². The summed E-state index contributed by atoms with van der Waals surface area (Å²) >= 11 is 0. The molecular weight excluding hydrogens is 411 g/mol. The lowest BCUT2D eigenvalue weighted by atomic mass is 9.95. The molecule has 8 heteroatoms. The third-order valence-electron chi connectivity index (χ3n) is 5.73. The van der Waals surface area contributed by atoms with Crippen molar-refractivity contribution in [1.82, 2.24) is 15.1 Å². The number of nitrogens with zero attached hydrogens (tertiary/aromatic N) is 2. The minimum absolute atomic E-state index is 0. The van der Waals surface area contributed by atoms with Crippen LogP contribution < -0.4 is 11.1 Å². The minimum Gasteiger partial charge on any atom is -0.399 e. The van der Waals surface area contributed by atoms with Crippen LogP contribution in [-0.4, -0.2) is 60.4 Å². The van der Waals surface area contributed by atoms with Crippen molar-refractivity contribution in [3.8, 4) is 0 Å². The molecule has 2 aliphatic rings. The van der Waals surface area contributed by atoms with Crippen LogP contribution in [0.15, 0.2) is 24.3 Å². The van der Waals surface area contributed by atoms with E-state index in [0.717, 1.165) is 37.2 Å². The number of carbonyl (C=O) groups excluding carboxylic acids is 2. The van der Waals surface area contributed by atoms with Crippen molar-refractivity contribution in [1.29, 1.82) is 0 Å². The molecule has 1 aromatic rings. The smallest absolute Gasteiger partial charge is 0.234 e. The molecule has 0 radical (unpaired) electrons. The van der Waals surface area contributed by atoms with Crippen molar-refractivity contribution >= 4 is 42.3 Å². The monoisotopic (exact) mass is 444 g/mol. The number of aryl methyl sites for hydroxylation is 1. The van der Waals surface area contributed by atoms with Gasteiger partial charge in [-0.2, -0.15) is 0 Å². The Kier molecular flexibility index (Phi) is 11.4. The van der Waals surface area contributed by atoms with Crippen molar-refractivity contribution in [2.45, 2.75) is 51.0 Å². The Labute approximate surface area is 186 Å². The van der Waals surface area contributed by atoms with Crippen molar-refractivity contribution in [2.24, 2.45) is 0 Å². The summed E-state index contributed by atoms with van der Waals surface area (Å²) in [5, 5.41) is 3.17. The Morgan fingerprint density at radius 3 is 2.31 bits per heavy atom.